The predicted molar refractivity (Wildman–Crippen MR) is 111 cm³/mol. The minimum Gasteiger partial charge on any atom is -0.457 e. The highest BCUT2D eigenvalue weighted by molar-refractivity contribution is 6.33. The van der Waals surface area contributed by atoms with Crippen LogP contribution in [0.2, 0.25) is 5.02 Å². The number of anilines is 1. The van der Waals surface area contributed by atoms with E-state index < -0.39 is 15.8 Å². The molecule has 0 fully saturated rings. The fraction of sp³-hybridized carbons (Fsp3) is 0. The highest BCUT2D eigenvalue weighted by Crippen LogP contribution is 2.32. The molecule has 31 heavy (non-hydrogen) atoms. The summed E-state index contributed by atoms with van der Waals surface area (Å²) in [5, 5.41) is 33.6. The van der Waals surface area contributed by atoms with Crippen molar-refractivity contribution in [2.45, 2.75) is 0 Å². The molecule has 11 heteroatoms. The van der Waals surface area contributed by atoms with E-state index in [0.29, 0.717) is 5.56 Å². The van der Waals surface area contributed by atoms with E-state index >= 15 is 0 Å². The molecule has 3 aromatic rings. The molecule has 1 heterocycles. The molecule has 2 aromatic carbocycles. The zero-order valence-electron chi connectivity index (χ0n) is 15.4. The molecule has 0 aliphatic heterocycles. The number of nitriles is 1. The van der Waals surface area contributed by atoms with Crippen LogP contribution < -0.4 is 5.32 Å². The number of non-ortho nitro benzene ring substituents is 1. The van der Waals surface area contributed by atoms with E-state index in [9.17, 15) is 30.3 Å². The predicted octanol–water partition coefficient (Wildman–Crippen LogP) is 4.96. The maximum Gasteiger partial charge on any atom is 0.292 e. The Morgan fingerprint density at radius 1 is 1.10 bits per heavy atom. The molecule has 0 aliphatic rings. The van der Waals surface area contributed by atoms with Crippen molar-refractivity contribution < 1.29 is 19.1 Å². The summed E-state index contributed by atoms with van der Waals surface area (Å²) in [5.41, 5.74) is -0.528. The Morgan fingerprint density at radius 2 is 1.84 bits per heavy atom. The zero-order chi connectivity index (χ0) is 22.5. The quantitative estimate of drug-likeness (QED) is 0.247. The van der Waals surface area contributed by atoms with Crippen LogP contribution in [0.15, 0.2) is 64.6 Å². The summed E-state index contributed by atoms with van der Waals surface area (Å²) >= 11 is 6.08. The normalized spacial score (nSPS) is 10.9. The van der Waals surface area contributed by atoms with Crippen molar-refractivity contribution >= 4 is 40.6 Å². The van der Waals surface area contributed by atoms with Gasteiger partial charge in [0.05, 0.1) is 14.9 Å². The molecule has 1 N–H and O–H groups in total. The first-order valence-corrected chi connectivity index (χ1v) is 8.88. The van der Waals surface area contributed by atoms with Crippen molar-refractivity contribution in [1.29, 1.82) is 5.26 Å². The fourth-order valence-corrected chi connectivity index (χ4v) is 2.88. The number of nitro benzene ring substituents is 2. The molecule has 0 spiro atoms. The maximum absolute atomic E-state index is 12.4. The Kier molecular flexibility index (Phi) is 6.09. The van der Waals surface area contributed by atoms with E-state index in [2.05, 4.69) is 5.32 Å². The molecular formula is C20H11ClN4O6. The molecule has 10 nitrogen and oxygen atoms in total. The minimum atomic E-state index is -0.858. The lowest BCUT2D eigenvalue weighted by molar-refractivity contribution is -0.384. The maximum atomic E-state index is 12.4. The first kappa shape index (κ1) is 21.2. The van der Waals surface area contributed by atoms with E-state index in [1.807, 2.05) is 0 Å². The van der Waals surface area contributed by atoms with E-state index in [4.69, 9.17) is 16.0 Å². The van der Waals surface area contributed by atoms with Gasteiger partial charge in [-0.25, -0.2) is 0 Å². The molecule has 1 amide bonds. The van der Waals surface area contributed by atoms with Gasteiger partial charge < -0.3 is 9.73 Å². The van der Waals surface area contributed by atoms with Crippen molar-refractivity contribution in [1.82, 2.24) is 0 Å². The SMILES string of the molecule is N#CC(=Cc1ccc(-c2ccc([N+](=O)[O-])cc2Cl)o1)C(=O)Nc1ccccc1[N+](=O)[O-]. The standard InChI is InChI=1S/C20H11ClN4O6/c21-16-10-13(24(27)28)5-7-15(16)19-8-6-14(31-19)9-12(11-22)20(26)23-17-3-1-2-4-18(17)25(29)30/h1-10H,(H,23,26). The van der Waals surface area contributed by atoms with Crippen LogP contribution in [0.5, 0.6) is 0 Å². The number of nitrogens with one attached hydrogen (secondary N) is 1. The van der Waals surface area contributed by atoms with Crippen LogP contribution in [0, 0.1) is 31.6 Å². The van der Waals surface area contributed by atoms with Crippen LogP contribution in [-0.2, 0) is 4.79 Å². The molecule has 1 aromatic heterocycles. The summed E-state index contributed by atoms with van der Waals surface area (Å²) in [6.07, 6.45) is 1.16. The van der Waals surface area contributed by atoms with Crippen molar-refractivity contribution in [2.75, 3.05) is 5.32 Å². The number of carbonyl (C=O) groups is 1. The van der Waals surface area contributed by atoms with Crippen LogP contribution in [0.4, 0.5) is 17.1 Å². The van der Waals surface area contributed by atoms with Gasteiger partial charge in [0.25, 0.3) is 17.3 Å². The highest BCUT2D eigenvalue weighted by Gasteiger charge is 2.18. The Balaban J connectivity index is 1.85. The van der Waals surface area contributed by atoms with Gasteiger partial charge in [-0.2, -0.15) is 5.26 Å². The van der Waals surface area contributed by atoms with Crippen LogP contribution >= 0.6 is 11.6 Å². The molecule has 0 aliphatic carbocycles. The van der Waals surface area contributed by atoms with Gasteiger partial charge in [0.2, 0.25) is 0 Å². The van der Waals surface area contributed by atoms with Crippen molar-refractivity contribution in [2.24, 2.45) is 0 Å². The van der Waals surface area contributed by atoms with Gasteiger partial charge in [0, 0.05) is 29.8 Å². The average Bonchev–Trinajstić information content (AvgIpc) is 3.20. The number of nitrogens with zero attached hydrogens (tertiary/aromatic N) is 3. The van der Waals surface area contributed by atoms with Gasteiger partial charge in [-0.05, 0) is 24.3 Å². The summed E-state index contributed by atoms with van der Waals surface area (Å²) < 4.78 is 5.58. The molecule has 0 unspecified atom stereocenters. The Hall–Kier alpha value is -4.49. The largest absolute Gasteiger partial charge is 0.457 e. The first-order chi connectivity index (χ1) is 14.8. The van der Waals surface area contributed by atoms with Crippen molar-refractivity contribution in [3.63, 3.8) is 0 Å². The zero-order valence-corrected chi connectivity index (χ0v) is 16.2. The lowest BCUT2D eigenvalue weighted by Gasteiger charge is -2.04. The Labute approximate surface area is 179 Å². The van der Waals surface area contributed by atoms with E-state index in [-0.39, 0.29) is 39.2 Å². The Morgan fingerprint density at radius 3 is 2.48 bits per heavy atom. The summed E-state index contributed by atoms with van der Waals surface area (Å²) in [6, 6.07) is 14.1. The molecule has 0 saturated carbocycles. The minimum absolute atomic E-state index is 0.0588. The number of rotatable bonds is 6. The van der Waals surface area contributed by atoms with E-state index in [1.165, 1.54) is 54.6 Å². The number of hydrogen-bond donors (Lipinski definition) is 1. The van der Waals surface area contributed by atoms with Crippen molar-refractivity contribution in [3.8, 4) is 17.4 Å². The summed E-state index contributed by atoms with van der Waals surface area (Å²) in [6.45, 7) is 0. The lowest BCUT2D eigenvalue weighted by Crippen LogP contribution is -2.14. The van der Waals surface area contributed by atoms with Crippen LogP contribution in [0.3, 0.4) is 0 Å². The van der Waals surface area contributed by atoms with Crippen LogP contribution in [0.1, 0.15) is 5.76 Å². The molecule has 3 rings (SSSR count). The number of nitro groups is 2. The molecule has 0 bridgehead atoms. The second kappa shape index (κ2) is 8.89. The molecular weight excluding hydrogens is 428 g/mol. The van der Waals surface area contributed by atoms with Gasteiger partial charge >= 0.3 is 0 Å². The molecule has 154 valence electrons. The number of hydrogen-bond acceptors (Lipinski definition) is 7. The number of amides is 1. The summed E-state index contributed by atoms with van der Waals surface area (Å²) in [5.74, 6) is -0.454. The van der Waals surface area contributed by atoms with Crippen molar-refractivity contribution in [3.05, 3.63) is 91.2 Å². The lowest BCUT2D eigenvalue weighted by atomic mass is 10.1. The first-order valence-electron chi connectivity index (χ1n) is 8.51. The second-order valence-corrected chi connectivity index (χ2v) is 6.43. The summed E-state index contributed by atoms with van der Waals surface area (Å²) in [7, 11) is 0. The van der Waals surface area contributed by atoms with E-state index in [1.54, 1.807) is 6.07 Å². The second-order valence-electron chi connectivity index (χ2n) is 6.02. The monoisotopic (exact) mass is 438 g/mol. The number of para-hydroxylation sites is 2. The number of carbonyl (C=O) groups excluding carboxylic acids is 1. The Bertz CT molecular complexity index is 1270. The third-order valence-electron chi connectivity index (χ3n) is 4.06. The van der Waals surface area contributed by atoms with Crippen LogP contribution in [-0.4, -0.2) is 15.8 Å². The number of benzene rings is 2. The van der Waals surface area contributed by atoms with Gasteiger partial charge in [-0.15, -0.1) is 0 Å². The van der Waals surface area contributed by atoms with Crippen LogP contribution in [0.25, 0.3) is 17.4 Å². The van der Waals surface area contributed by atoms with Gasteiger partial charge in [-0.1, -0.05) is 23.7 Å². The van der Waals surface area contributed by atoms with Gasteiger partial charge in [-0.3, -0.25) is 25.0 Å². The van der Waals surface area contributed by atoms with Gasteiger partial charge in [0.15, 0.2) is 0 Å². The fourth-order valence-electron chi connectivity index (χ4n) is 2.61. The third-order valence-corrected chi connectivity index (χ3v) is 4.37. The molecule has 0 radical (unpaired) electrons. The smallest absolute Gasteiger partial charge is 0.292 e. The highest BCUT2D eigenvalue weighted by atomic mass is 35.5. The summed E-state index contributed by atoms with van der Waals surface area (Å²) in [4.78, 5) is 33.1. The van der Waals surface area contributed by atoms with Gasteiger partial charge in [0.1, 0.15) is 28.9 Å². The van der Waals surface area contributed by atoms with E-state index in [0.717, 1.165) is 6.08 Å². The third kappa shape index (κ3) is 4.75. The number of halogens is 1. The topological polar surface area (TPSA) is 152 Å². The molecule has 0 atom stereocenters. The number of furan rings is 1. The average molecular weight is 439 g/mol. The molecule has 0 saturated heterocycles.